The number of hydrogen-bond donors (Lipinski definition) is 1. The molecule has 0 atom stereocenters. The standard InChI is InChI=1S/C13H16BrN5/c14-12-7-6-9(15)8-11(12)13-16-17-18-19(13)10-4-2-1-3-5-10/h6-8,10H,1-5,15H2. The average molecular weight is 322 g/mol. The van der Waals surface area contributed by atoms with Crippen molar-refractivity contribution in [1.29, 1.82) is 0 Å². The Morgan fingerprint density at radius 3 is 2.79 bits per heavy atom. The molecule has 1 aliphatic rings. The van der Waals surface area contributed by atoms with E-state index >= 15 is 0 Å². The van der Waals surface area contributed by atoms with Gasteiger partial charge in [0, 0.05) is 15.7 Å². The molecule has 1 aliphatic carbocycles. The number of aromatic nitrogens is 4. The van der Waals surface area contributed by atoms with Crippen LogP contribution in [0.5, 0.6) is 0 Å². The number of nitrogen functional groups attached to an aromatic ring is 1. The van der Waals surface area contributed by atoms with E-state index in [1.807, 2.05) is 22.9 Å². The van der Waals surface area contributed by atoms with Gasteiger partial charge in [0.1, 0.15) is 0 Å². The lowest BCUT2D eigenvalue weighted by Crippen LogP contribution is -2.15. The quantitative estimate of drug-likeness (QED) is 0.862. The molecule has 1 heterocycles. The molecule has 1 aromatic carbocycles. The summed E-state index contributed by atoms with van der Waals surface area (Å²) in [6, 6.07) is 6.12. The zero-order chi connectivity index (χ0) is 13.2. The number of benzene rings is 1. The van der Waals surface area contributed by atoms with Crippen molar-refractivity contribution in [1.82, 2.24) is 20.2 Å². The predicted octanol–water partition coefficient (Wildman–Crippen LogP) is 3.19. The largest absolute Gasteiger partial charge is 0.399 e. The third-order valence-corrected chi connectivity index (χ3v) is 4.34. The summed E-state index contributed by atoms with van der Waals surface area (Å²) in [6.07, 6.45) is 6.12. The number of anilines is 1. The minimum atomic E-state index is 0.409. The molecule has 3 rings (SSSR count). The maximum Gasteiger partial charge on any atom is 0.183 e. The topological polar surface area (TPSA) is 69.6 Å². The zero-order valence-corrected chi connectivity index (χ0v) is 12.2. The van der Waals surface area contributed by atoms with Gasteiger partial charge in [-0.25, -0.2) is 4.68 Å². The number of rotatable bonds is 2. The first-order chi connectivity index (χ1) is 9.25. The van der Waals surface area contributed by atoms with E-state index < -0.39 is 0 Å². The molecule has 6 heteroatoms. The molecule has 0 saturated heterocycles. The van der Waals surface area contributed by atoms with Crippen LogP contribution in [0.2, 0.25) is 0 Å². The van der Waals surface area contributed by atoms with Crippen molar-refractivity contribution in [2.45, 2.75) is 38.1 Å². The molecular formula is C13H16BrN5. The highest BCUT2D eigenvalue weighted by molar-refractivity contribution is 9.10. The van der Waals surface area contributed by atoms with Crippen LogP contribution in [0.1, 0.15) is 38.1 Å². The summed E-state index contributed by atoms with van der Waals surface area (Å²) >= 11 is 3.55. The molecule has 19 heavy (non-hydrogen) atoms. The van der Waals surface area contributed by atoms with Crippen LogP contribution in [-0.2, 0) is 0 Å². The Morgan fingerprint density at radius 2 is 2.00 bits per heavy atom. The number of halogens is 1. The van der Waals surface area contributed by atoms with Gasteiger partial charge >= 0.3 is 0 Å². The highest BCUT2D eigenvalue weighted by Gasteiger charge is 2.21. The molecule has 100 valence electrons. The van der Waals surface area contributed by atoms with Crippen molar-refractivity contribution in [2.24, 2.45) is 0 Å². The Kier molecular flexibility index (Phi) is 3.50. The Balaban J connectivity index is 2.01. The Bertz CT molecular complexity index is 574. The maximum absolute atomic E-state index is 5.86. The van der Waals surface area contributed by atoms with Gasteiger partial charge in [0.05, 0.1) is 6.04 Å². The molecule has 0 bridgehead atoms. The summed E-state index contributed by atoms with van der Waals surface area (Å²) in [7, 11) is 0. The fraction of sp³-hybridized carbons (Fsp3) is 0.462. The maximum atomic E-state index is 5.86. The second-order valence-corrected chi connectivity index (χ2v) is 5.83. The van der Waals surface area contributed by atoms with E-state index in [0.29, 0.717) is 6.04 Å². The fourth-order valence-corrected chi connectivity index (χ4v) is 3.08. The molecule has 2 aromatic rings. The minimum absolute atomic E-state index is 0.409. The summed E-state index contributed by atoms with van der Waals surface area (Å²) < 4.78 is 2.92. The lowest BCUT2D eigenvalue weighted by atomic mass is 9.95. The minimum Gasteiger partial charge on any atom is -0.399 e. The molecular weight excluding hydrogens is 306 g/mol. The first kappa shape index (κ1) is 12.6. The van der Waals surface area contributed by atoms with E-state index in [4.69, 9.17) is 5.73 Å². The number of nitrogens with zero attached hydrogens (tertiary/aromatic N) is 4. The molecule has 1 aromatic heterocycles. The molecule has 0 amide bonds. The Morgan fingerprint density at radius 1 is 1.21 bits per heavy atom. The second-order valence-electron chi connectivity index (χ2n) is 4.98. The van der Waals surface area contributed by atoms with Crippen LogP contribution in [-0.4, -0.2) is 20.2 Å². The van der Waals surface area contributed by atoms with Gasteiger partial charge < -0.3 is 5.73 Å². The molecule has 0 aliphatic heterocycles. The van der Waals surface area contributed by atoms with Gasteiger partial charge in [-0.2, -0.15) is 0 Å². The van der Waals surface area contributed by atoms with Crippen molar-refractivity contribution >= 4 is 21.6 Å². The Hall–Kier alpha value is -1.43. The summed E-state index contributed by atoms with van der Waals surface area (Å²) in [5.41, 5.74) is 7.54. The first-order valence-electron chi connectivity index (χ1n) is 6.59. The molecule has 5 nitrogen and oxygen atoms in total. The van der Waals surface area contributed by atoms with Crippen LogP contribution in [0.4, 0.5) is 5.69 Å². The van der Waals surface area contributed by atoms with Crippen molar-refractivity contribution in [3.05, 3.63) is 22.7 Å². The predicted molar refractivity (Wildman–Crippen MR) is 77.5 cm³/mol. The van der Waals surface area contributed by atoms with Crippen LogP contribution in [0, 0.1) is 0 Å². The monoisotopic (exact) mass is 321 g/mol. The van der Waals surface area contributed by atoms with Crippen LogP contribution in [0.15, 0.2) is 22.7 Å². The number of nitrogens with two attached hydrogens (primary N) is 1. The molecule has 2 N–H and O–H groups in total. The van der Waals surface area contributed by atoms with Crippen LogP contribution in [0.3, 0.4) is 0 Å². The van der Waals surface area contributed by atoms with Gasteiger partial charge in [-0.1, -0.05) is 35.2 Å². The highest BCUT2D eigenvalue weighted by Crippen LogP contribution is 2.33. The fourth-order valence-electron chi connectivity index (χ4n) is 2.66. The van der Waals surface area contributed by atoms with Crippen LogP contribution < -0.4 is 5.73 Å². The lowest BCUT2D eigenvalue weighted by Gasteiger charge is -2.22. The van der Waals surface area contributed by atoms with E-state index in [0.717, 1.165) is 34.4 Å². The Labute approximate surface area is 120 Å². The molecule has 1 saturated carbocycles. The molecule has 1 fully saturated rings. The SMILES string of the molecule is Nc1ccc(Br)c(-c2nnnn2C2CCCCC2)c1. The van der Waals surface area contributed by atoms with Crippen molar-refractivity contribution < 1.29 is 0 Å². The van der Waals surface area contributed by atoms with Gasteiger partial charge in [0.25, 0.3) is 0 Å². The van der Waals surface area contributed by atoms with E-state index in [1.165, 1.54) is 19.3 Å². The van der Waals surface area contributed by atoms with E-state index in [1.54, 1.807) is 0 Å². The van der Waals surface area contributed by atoms with Crippen molar-refractivity contribution in [3.63, 3.8) is 0 Å². The molecule has 0 unspecified atom stereocenters. The van der Waals surface area contributed by atoms with E-state index in [9.17, 15) is 0 Å². The van der Waals surface area contributed by atoms with Crippen LogP contribution >= 0.6 is 15.9 Å². The van der Waals surface area contributed by atoms with E-state index in [-0.39, 0.29) is 0 Å². The van der Waals surface area contributed by atoms with E-state index in [2.05, 4.69) is 31.5 Å². The lowest BCUT2D eigenvalue weighted by molar-refractivity contribution is 0.327. The number of hydrogen-bond acceptors (Lipinski definition) is 4. The van der Waals surface area contributed by atoms with Crippen LogP contribution in [0.25, 0.3) is 11.4 Å². The summed E-state index contributed by atoms with van der Waals surface area (Å²) in [6.45, 7) is 0. The summed E-state index contributed by atoms with van der Waals surface area (Å²) in [4.78, 5) is 0. The van der Waals surface area contributed by atoms with Crippen molar-refractivity contribution in [2.75, 3.05) is 5.73 Å². The third-order valence-electron chi connectivity index (χ3n) is 3.64. The van der Waals surface area contributed by atoms with Gasteiger partial charge in [-0.05, 0) is 41.5 Å². The molecule has 0 radical (unpaired) electrons. The van der Waals surface area contributed by atoms with Gasteiger partial charge in [0.2, 0.25) is 0 Å². The second kappa shape index (κ2) is 5.28. The number of tetrazole rings is 1. The zero-order valence-electron chi connectivity index (χ0n) is 10.6. The smallest absolute Gasteiger partial charge is 0.183 e. The van der Waals surface area contributed by atoms with Gasteiger partial charge in [-0.3, -0.25) is 0 Å². The summed E-state index contributed by atoms with van der Waals surface area (Å²) in [5, 5.41) is 12.2. The van der Waals surface area contributed by atoms with Crippen molar-refractivity contribution in [3.8, 4) is 11.4 Å². The van der Waals surface area contributed by atoms with Gasteiger partial charge in [0.15, 0.2) is 5.82 Å². The highest BCUT2D eigenvalue weighted by atomic mass is 79.9. The third kappa shape index (κ3) is 2.49. The normalized spacial score (nSPS) is 16.7. The summed E-state index contributed by atoms with van der Waals surface area (Å²) in [5.74, 6) is 0.797. The molecule has 0 spiro atoms. The van der Waals surface area contributed by atoms with Gasteiger partial charge in [-0.15, -0.1) is 5.10 Å². The average Bonchev–Trinajstić information content (AvgIpc) is 2.91. The first-order valence-corrected chi connectivity index (χ1v) is 7.38.